The third-order valence-corrected chi connectivity index (χ3v) is 8.50. The Hall–Kier alpha value is -2.55. The summed E-state index contributed by atoms with van der Waals surface area (Å²) in [6.45, 7) is 12.7. The van der Waals surface area contributed by atoms with E-state index >= 15 is 0 Å². The van der Waals surface area contributed by atoms with Gasteiger partial charge >= 0.3 is 0 Å². The van der Waals surface area contributed by atoms with E-state index in [4.69, 9.17) is 17.3 Å². The molecule has 0 saturated heterocycles. The molecule has 4 rings (SSSR count). The van der Waals surface area contributed by atoms with Crippen LogP contribution in [0.1, 0.15) is 68.7 Å². The molecule has 2 aliphatic rings. The van der Waals surface area contributed by atoms with Gasteiger partial charge in [0.15, 0.2) is 5.78 Å². The van der Waals surface area contributed by atoms with Crippen molar-refractivity contribution in [3.05, 3.63) is 73.3 Å². The number of nitrogens with two attached hydrogens (primary N) is 1. The maximum absolute atomic E-state index is 13.6. The number of nitrogens with zero attached hydrogens (tertiary/aromatic N) is 2. The van der Waals surface area contributed by atoms with E-state index in [2.05, 4.69) is 52.8 Å². The third kappa shape index (κ3) is 4.00. The minimum atomic E-state index is -0.439. The minimum Gasteiger partial charge on any atom is -0.384 e. The number of hydrogen-bond donors (Lipinski definition) is 1. The highest BCUT2D eigenvalue weighted by Gasteiger charge is 2.45. The zero-order valence-electron chi connectivity index (χ0n) is 20.0. The highest BCUT2D eigenvalue weighted by Crippen LogP contribution is 2.52. The lowest BCUT2D eigenvalue weighted by Crippen LogP contribution is -2.42. The van der Waals surface area contributed by atoms with Gasteiger partial charge in [-0.05, 0) is 54.0 Å². The number of anilines is 1. The van der Waals surface area contributed by atoms with Crippen LogP contribution >= 0.6 is 22.9 Å². The van der Waals surface area contributed by atoms with Gasteiger partial charge in [0.1, 0.15) is 5.82 Å². The number of carbonyl (C=O) groups is 1. The van der Waals surface area contributed by atoms with Crippen LogP contribution in [0.2, 0.25) is 5.02 Å². The molecule has 1 aromatic carbocycles. The Morgan fingerprint density at radius 2 is 1.91 bits per heavy atom. The maximum Gasteiger partial charge on any atom is 0.162 e. The van der Waals surface area contributed by atoms with Crippen LogP contribution in [0.25, 0.3) is 0 Å². The normalized spacial score (nSPS) is 20.7. The van der Waals surface area contributed by atoms with Crippen LogP contribution in [-0.4, -0.2) is 5.78 Å². The van der Waals surface area contributed by atoms with Crippen molar-refractivity contribution in [2.45, 2.75) is 65.7 Å². The van der Waals surface area contributed by atoms with E-state index in [1.807, 2.05) is 30.0 Å². The van der Waals surface area contributed by atoms with Gasteiger partial charge in [-0.1, -0.05) is 52.3 Å². The zero-order valence-corrected chi connectivity index (χ0v) is 21.6. The number of hydrogen-bond acceptors (Lipinski definition) is 5. The second-order valence-corrected chi connectivity index (χ2v) is 12.3. The number of halogens is 1. The molecule has 1 atom stereocenters. The molecule has 0 spiro atoms. The second-order valence-electron chi connectivity index (χ2n) is 10.8. The van der Waals surface area contributed by atoms with Crippen molar-refractivity contribution in [3.8, 4) is 6.07 Å². The van der Waals surface area contributed by atoms with Gasteiger partial charge in [-0.15, -0.1) is 11.3 Å². The molecule has 1 unspecified atom stereocenters. The number of benzene rings is 1. The first kappa shape index (κ1) is 23.6. The number of allylic oxidation sites excluding steroid dienone is 3. The summed E-state index contributed by atoms with van der Waals surface area (Å²) in [7, 11) is 0. The summed E-state index contributed by atoms with van der Waals surface area (Å²) in [4.78, 5) is 17.8. The van der Waals surface area contributed by atoms with E-state index in [9.17, 15) is 10.1 Å². The van der Waals surface area contributed by atoms with Gasteiger partial charge in [0.05, 0.1) is 23.2 Å². The first-order chi connectivity index (χ1) is 15.4. The number of nitriles is 1. The van der Waals surface area contributed by atoms with Crippen molar-refractivity contribution < 1.29 is 4.79 Å². The molecule has 1 aliphatic carbocycles. The van der Waals surface area contributed by atoms with Crippen molar-refractivity contribution in [1.29, 1.82) is 5.26 Å². The van der Waals surface area contributed by atoms with Crippen LogP contribution in [0.3, 0.4) is 0 Å². The van der Waals surface area contributed by atoms with Crippen molar-refractivity contribution >= 4 is 34.4 Å². The summed E-state index contributed by atoms with van der Waals surface area (Å²) in [5, 5.41) is 10.9. The molecule has 0 bridgehead atoms. The molecule has 2 N–H and O–H groups in total. The zero-order chi connectivity index (χ0) is 24.3. The predicted octanol–water partition coefficient (Wildman–Crippen LogP) is 6.95. The van der Waals surface area contributed by atoms with E-state index in [0.717, 1.165) is 21.8 Å². The lowest BCUT2D eigenvalue weighted by atomic mass is 9.69. The van der Waals surface area contributed by atoms with E-state index in [-0.39, 0.29) is 16.6 Å². The smallest absolute Gasteiger partial charge is 0.162 e. The van der Waals surface area contributed by atoms with E-state index < -0.39 is 5.92 Å². The molecule has 6 heteroatoms. The number of carbonyl (C=O) groups excluding carboxylic acids is 1. The Morgan fingerprint density at radius 3 is 2.52 bits per heavy atom. The van der Waals surface area contributed by atoms with Crippen molar-refractivity contribution in [3.63, 3.8) is 0 Å². The Kier molecular flexibility index (Phi) is 5.75. The van der Waals surface area contributed by atoms with Gasteiger partial charge in [-0.2, -0.15) is 5.26 Å². The first-order valence-corrected chi connectivity index (χ1v) is 12.4. The molecule has 172 valence electrons. The maximum atomic E-state index is 13.6. The average Bonchev–Trinajstić information content (AvgIpc) is 3.19. The highest BCUT2D eigenvalue weighted by atomic mass is 35.5. The van der Waals surface area contributed by atoms with Crippen molar-refractivity contribution in [1.82, 2.24) is 0 Å². The van der Waals surface area contributed by atoms with Crippen LogP contribution in [0.5, 0.6) is 0 Å². The van der Waals surface area contributed by atoms with Gasteiger partial charge in [0.2, 0.25) is 0 Å². The van der Waals surface area contributed by atoms with E-state index in [0.29, 0.717) is 34.8 Å². The van der Waals surface area contributed by atoms with Gasteiger partial charge in [-0.25, -0.2) is 0 Å². The number of rotatable bonds is 2. The van der Waals surface area contributed by atoms with Crippen LogP contribution in [0.15, 0.2) is 53.0 Å². The first-order valence-electron chi connectivity index (χ1n) is 11.2. The molecule has 2 heterocycles. The second kappa shape index (κ2) is 8.04. The fraction of sp³-hybridized carbons (Fsp3) is 0.407. The lowest BCUT2D eigenvalue weighted by Gasteiger charge is -2.44. The summed E-state index contributed by atoms with van der Waals surface area (Å²) in [6, 6.07) is 12.2. The van der Waals surface area contributed by atoms with Crippen LogP contribution < -0.4 is 10.6 Å². The molecule has 4 nitrogen and oxygen atoms in total. The Labute approximate surface area is 205 Å². The molecule has 0 amide bonds. The molecule has 1 aliphatic heterocycles. The van der Waals surface area contributed by atoms with Crippen LogP contribution in [0, 0.1) is 23.7 Å². The fourth-order valence-corrected chi connectivity index (χ4v) is 6.17. The van der Waals surface area contributed by atoms with Crippen molar-refractivity contribution in [2.75, 3.05) is 4.90 Å². The Bertz CT molecular complexity index is 1250. The molecular formula is C27H30ClN3OS. The highest BCUT2D eigenvalue weighted by molar-refractivity contribution is 7.12. The molecule has 0 radical (unpaired) electrons. The SMILES string of the molecule is Cc1c(Cl)cccc1N1C(N)=C(C#N)C(c2ccc(C(C)(C)C)s2)C2=C1CC(C)(C)CC2=O. The average molecular weight is 480 g/mol. The van der Waals surface area contributed by atoms with Crippen molar-refractivity contribution in [2.24, 2.45) is 11.1 Å². The lowest BCUT2D eigenvalue weighted by molar-refractivity contribution is -0.118. The molecule has 0 fully saturated rings. The number of Topliss-reactive ketones (excluding diaryl/α,β-unsaturated/α-hetero) is 1. The van der Waals surface area contributed by atoms with Gasteiger partial charge < -0.3 is 5.73 Å². The Morgan fingerprint density at radius 1 is 1.21 bits per heavy atom. The fourth-order valence-electron chi connectivity index (χ4n) is 4.82. The topological polar surface area (TPSA) is 70.1 Å². The van der Waals surface area contributed by atoms with Crippen LogP contribution in [0.4, 0.5) is 5.69 Å². The summed E-state index contributed by atoms with van der Waals surface area (Å²) < 4.78 is 0. The summed E-state index contributed by atoms with van der Waals surface area (Å²) in [5.74, 6) is 0.0233. The molecule has 33 heavy (non-hydrogen) atoms. The molecular weight excluding hydrogens is 450 g/mol. The monoisotopic (exact) mass is 479 g/mol. The summed E-state index contributed by atoms with van der Waals surface area (Å²) in [5.41, 5.74) is 10.2. The van der Waals surface area contributed by atoms with E-state index in [1.165, 1.54) is 4.88 Å². The summed E-state index contributed by atoms with van der Waals surface area (Å²) >= 11 is 8.11. The van der Waals surface area contributed by atoms with Gasteiger partial charge in [0.25, 0.3) is 0 Å². The third-order valence-electron chi connectivity index (χ3n) is 6.51. The molecule has 1 aromatic heterocycles. The molecule has 2 aromatic rings. The van der Waals surface area contributed by atoms with Crippen LogP contribution in [-0.2, 0) is 10.2 Å². The minimum absolute atomic E-state index is 0.0145. The number of thiophene rings is 1. The Balaban J connectivity index is 2.00. The quantitative estimate of drug-likeness (QED) is 0.506. The standard InChI is InChI=1S/C27H30ClN3OS/c1-15-17(28)8-7-9-18(15)31-19-12-27(5,6)13-20(32)24(19)23(16(14-29)25(31)30)21-10-11-22(33-21)26(2,3)4/h7-11,23H,12-13,30H2,1-6H3. The predicted molar refractivity (Wildman–Crippen MR) is 136 cm³/mol. The number of ketones is 1. The molecule has 0 saturated carbocycles. The van der Waals surface area contributed by atoms with Gasteiger partial charge in [-0.3, -0.25) is 9.69 Å². The van der Waals surface area contributed by atoms with Gasteiger partial charge in [0, 0.05) is 32.5 Å². The summed E-state index contributed by atoms with van der Waals surface area (Å²) in [6.07, 6.45) is 1.13. The van der Waals surface area contributed by atoms with E-state index in [1.54, 1.807) is 11.3 Å². The largest absolute Gasteiger partial charge is 0.384 e.